The summed E-state index contributed by atoms with van der Waals surface area (Å²) in [5, 5.41) is 1.97. The fraction of sp³-hybridized carbons (Fsp3) is 0.400. The van der Waals surface area contributed by atoms with Gasteiger partial charge in [-0.3, -0.25) is 9.59 Å². The Morgan fingerprint density at radius 2 is 1.68 bits per heavy atom. The molecular weight excluding hydrogens is 316 g/mol. The quantitative estimate of drug-likeness (QED) is 0.836. The van der Waals surface area contributed by atoms with Gasteiger partial charge in [-0.2, -0.15) is 0 Å². The minimum absolute atomic E-state index is 0.0855. The molecule has 4 atom stereocenters. The zero-order valence-corrected chi connectivity index (χ0v) is 14.6. The van der Waals surface area contributed by atoms with Crippen LogP contribution in [0.3, 0.4) is 0 Å². The van der Waals surface area contributed by atoms with Gasteiger partial charge >= 0.3 is 0 Å². The number of morpholine rings is 1. The van der Waals surface area contributed by atoms with Crippen LogP contribution in [-0.2, 0) is 14.3 Å². The first kappa shape index (κ1) is 16.2. The van der Waals surface area contributed by atoms with Crippen molar-refractivity contribution in [2.45, 2.75) is 38.5 Å². The number of amides is 2. The minimum Gasteiger partial charge on any atom is -0.364 e. The van der Waals surface area contributed by atoms with Crippen molar-refractivity contribution < 1.29 is 19.2 Å². The average Bonchev–Trinajstić information content (AvgIpc) is 2.88. The van der Waals surface area contributed by atoms with Crippen molar-refractivity contribution in [2.75, 3.05) is 18.0 Å². The highest BCUT2D eigenvalue weighted by atomic mass is 16.5. The predicted octanol–water partition coefficient (Wildman–Crippen LogP) is 1.16. The number of carbonyl (C=O) groups is 2. The van der Waals surface area contributed by atoms with Gasteiger partial charge in [-0.1, -0.05) is 36.4 Å². The second kappa shape index (κ2) is 6.24. The summed E-state index contributed by atoms with van der Waals surface area (Å²) in [7, 11) is 0. The van der Waals surface area contributed by atoms with E-state index in [1.165, 1.54) is 4.90 Å². The SMILES string of the molecule is C[C@@H]1C[NH+]([C@@H]2CC(=O)N(c3cccc4ccccc34)C2=O)C[C@H](C)O1. The summed E-state index contributed by atoms with van der Waals surface area (Å²) in [6, 6.07) is 13.3. The van der Waals surface area contributed by atoms with E-state index in [1.54, 1.807) is 0 Å². The third-order valence-corrected chi connectivity index (χ3v) is 5.21. The van der Waals surface area contributed by atoms with E-state index in [0.29, 0.717) is 5.69 Å². The van der Waals surface area contributed by atoms with Crippen LogP contribution in [0, 0.1) is 0 Å². The Hall–Kier alpha value is -2.24. The van der Waals surface area contributed by atoms with Crippen LogP contribution < -0.4 is 9.80 Å². The number of hydrogen-bond donors (Lipinski definition) is 1. The maximum Gasteiger partial charge on any atom is 0.292 e. The highest BCUT2D eigenvalue weighted by molar-refractivity contribution is 6.24. The molecule has 2 aliphatic rings. The van der Waals surface area contributed by atoms with Gasteiger partial charge in [-0.15, -0.1) is 0 Å². The Morgan fingerprint density at radius 3 is 2.44 bits per heavy atom. The summed E-state index contributed by atoms with van der Waals surface area (Å²) in [5.74, 6) is -0.191. The Kier molecular flexibility index (Phi) is 4.06. The molecule has 0 saturated carbocycles. The van der Waals surface area contributed by atoms with Crippen molar-refractivity contribution in [2.24, 2.45) is 0 Å². The van der Waals surface area contributed by atoms with Crippen molar-refractivity contribution in [3.8, 4) is 0 Å². The lowest BCUT2D eigenvalue weighted by molar-refractivity contribution is -0.929. The normalized spacial score (nSPS) is 30.2. The summed E-state index contributed by atoms with van der Waals surface area (Å²) < 4.78 is 5.78. The number of nitrogens with one attached hydrogen (secondary N) is 1. The van der Waals surface area contributed by atoms with Gasteiger partial charge in [0.1, 0.15) is 25.3 Å². The van der Waals surface area contributed by atoms with Gasteiger partial charge in [0.2, 0.25) is 5.91 Å². The lowest BCUT2D eigenvalue weighted by Crippen LogP contribution is -3.19. The van der Waals surface area contributed by atoms with E-state index in [1.807, 2.05) is 56.3 Å². The number of hydrogen-bond acceptors (Lipinski definition) is 3. The average molecular weight is 339 g/mol. The molecule has 2 heterocycles. The molecule has 0 bridgehead atoms. The summed E-state index contributed by atoms with van der Waals surface area (Å²) in [4.78, 5) is 28.4. The summed E-state index contributed by atoms with van der Waals surface area (Å²) in [5.41, 5.74) is 0.698. The molecule has 0 aromatic heterocycles. The molecule has 2 fully saturated rings. The van der Waals surface area contributed by atoms with Gasteiger partial charge in [0.25, 0.3) is 5.91 Å². The molecule has 2 aliphatic heterocycles. The molecule has 130 valence electrons. The summed E-state index contributed by atoms with van der Waals surface area (Å²) in [6.45, 7) is 5.58. The second-order valence-electron chi connectivity index (χ2n) is 7.15. The number of nitrogens with zero attached hydrogens (tertiary/aromatic N) is 1. The Balaban J connectivity index is 1.67. The van der Waals surface area contributed by atoms with Crippen LogP contribution in [0.15, 0.2) is 42.5 Å². The van der Waals surface area contributed by atoms with E-state index in [2.05, 4.69) is 0 Å². The first-order valence-electron chi connectivity index (χ1n) is 8.89. The molecule has 0 aliphatic carbocycles. The fourth-order valence-electron chi connectivity index (χ4n) is 4.21. The van der Waals surface area contributed by atoms with Crippen LogP contribution in [-0.4, -0.2) is 43.2 Å². The molecule has 2 amide bonds. The number of ether oxygens (including phenoxy) is 1. The molecule has 2 aromatic carbocycles. The zero-order chi connectivity index (χ0) is 17.6. The van der Waals surface area contributed by atoms with Crippen molar-refractivity contribution in [3.05, 3.63) is 42.5 Å². The molecule has 0 spiro atoms. The lowest BCUT2D eigenvalue weighted by Gasteiger charge is -2.34. The number of quaternary nitrogens is 1. The number of imide groups is 1. The number of carbonyl (C=O) groups excluding carboxylic acids is 2. The van der Waals surface area contributed by atoms with Crippen LogP contribution in [0.25, 0.3) is 10.8 Å². The standard InChI is InChI=1S/C20H22N2O3/c1-13-11-21(12-14(2)25-13)18-10-19(23)22(20(18)24)17-9-5-7-15-6-3-4-8-16(15)17/h3-9,13-14,18H,10-12H2,1-2H3/p+1/t13-,14+,18-/m1/s1. The number of anilines is 1. The van der Waals surface area contributed by atoms with E-state index in [9.17, 15) is 9.59 Å². The highest BCUT2D eigenvalue weighted by Gasteiger charge is 2.47. The first-order chi connectivity index (χ1) is 12.0. The molecule has 25 heavy (non-hydrogen) atoms. The number of rotatable bonds is 2. The molecular formula is C20H23N2O3+. The van der Waals surface area contributed by atoms with Crippen LogP contribution in [0.2, 0.25) is 0 Å². The second-order valence-corrected chi connectivity index (χ2v) is 7.15. The van der Waals surface area contributed by atoms with E-state index < -0.39 is 0 Å². The van der Waals surface area contributed by atoms with Crippen LogP contribution in [0.5, 0.6) is 0 Å². The van der Waals surface area contributed by atoms with Crippen LogP contribution in [0.4, 0.5) is 5.69 Å². The van der Waals surface area contributed by atoms with Gasteiger partial charge in [0.15, 0.2) is 6.04 Å². The molecule has 5 heteroatoms. The maximum atomic E-state index is 13.1. The first-order valence-corrected chi connectivity index (χ1v) is 8.89. The van der Waals surface area contributed by atoms with E-state index in [4.69, 9.17) is 4.74 Å². The smallest absolute Gasteiger partial charge is 0.292 e. The van der Waals surface area contributed by atoms with Crippen LogP contribution in [0.1, 0.15) is 20.3 Å². The van der Waals surface area contributed by atoms with Gasteiger partial charge in [0, 0.05) is 5.39 Å². The lowest BCUT2D eigenvalue weighted by atomic mass is 10.1. The number of fused-ring (bicyclic) bond motifs is 1. The van der Waals surface area contributed by atoms with E-state index in [-0.39, 0.29) is 36.5 Å². The molecule has 1 unspecified atom stereocenters. The van der Waals surface area contributed by atoms with Crippen molar-refractivity contribution in [1.29, 1.82) is 0 Å². The highest BCUT2D eigenvalue weighted by Crippen LogP contribution is 2.30. The molecule has 1 N–H and O–H groups in total. The largest absolute Gasteiger partial charge is 0.364 e. The maximum absolute atomic E-state index is 13.1. The van der Waals surface area contributed by atoms with Crippen LogP contribution >= 0.6 is 0 Å². The van der Waals surface area contributed by atoms with Crippen molar-refractivity contribution >= 4 is 28.3 Å². The molecule has 5 nitrogen and oxygen atoms in total. The minimum atomic E-state index is -0.305. The van der Waals surface area contributed by atoms with E-state index in [0.717, 1.165) is 28.8 Å². The van der Waals surface area contributed by atoms with Crippen molar-refractivity contribution in [1.82, 2.24) is 0 Å². The Labute approximate surface area is 147 Å². The van der Waals surface area contributed by atoms with Gasteiger partial charge < -0.3 is 9.64 Å². The van der Waals surface area contributed by atoms with Gasteiger partial charge in [-0.25, -0.2) is 4.90 Å². The summed E-state index contributed by atoms with van der Waals surface area (Å²) >= 11 is 0. The molecule has 0 radical (unpaired) electrons. The Bertz CT molecular complexity index is 819. The third-order valence-electron chi connectivity index (χ3n) is 5.21. The van der Waals surface area contributed by atoms with Gasteiger partial charge in [-0.05, 0) is 25.3 Å². The topological polar surface area (TPSA) is 51.0 Å². The van der Waals surface area contributed by atoms with Crippen molar-refractivity contribution in [3.63, 3.8) is 0 Å². The third kappa shape index (κ3) is 2.83. The van der Waals surface area contributed by atoms with Gasteiger partial charge in [0.05, 0.1) is 12.1 Å². The summed E-state index contributed by atoms with van der Waals surface area (Å²) in [6.07, 6.45) is 0.484. The zero-order valence-electron chi connectivity index (χ0n) is 14.6. The van der Waals surface area contributed by atoms with E-state index >= 15 is 0 Å². The predicted molar refractivity (Wildman–Crippen MR) is 95.6 cm³/mol. The molecule has 2 saturated heterocycles. The Morgan fingerprint density at radius 1 is 1.00 bits per heavy atom. The fourth-order valence-corrected chi connectivity index (χ4v) is 4.21. The molecule has 2 aromatic rings. The monoisotopic (exact) mass is 339 g/mol. The molecule has 4 rings (SSSR count). The number of benzene rings is 2.